The molecule has 0 amide bonds. The van der Waals surface area contributed by atoms with Crippen LogP contribution < -0.4 is 0 Å². The van der Waals surface area contributed by atoms with E-state index in [1.807, 2.05) is 6.07 Å². The molecule has 1 aromatic rings. The monoisotopic (exact) mass is 294 g/mol. The summed E-state index contributed by atoms with van der Waals surface area (Å²) in [6.45, 7) is 8.80. The zero-order chi connectivity index (χ0) is 14.8. The first-order valence-electron chi connectivity index (χ1n) is 7.95. The van der Waals surface area contributed by atoms with E-state index in [0.717, 1.165) is 17.4 Å². The van der Waals surface area contributed by atoms with Gasteiger partial charge in [-0.05, 0) is 37.7 Å². The molecule has 3 heteroatoms. The van der Waals surface area contributed by atoms with Crippen LogP contribution in [-0.4, -0.2) is 9.97 Å². The van der Waals surface area contributed by atoms with Crippen molar-refractivity contribution in [2.75, 3.05) is 0 Å². The molecular weight excluding hydrogens is 268 g/mol. The number of hydrogen-bond donors (Lipinski definition) is 0. The zero-order valence-corrected chi connectivity index (χ0v) is 14.0. The van der Waals surface area contributed by atoms with Gasteiger partial charge in [-0.1, -0.05) is 52.1 Å². The Bertz CT molecular complexity index is 443. The number of rotatable bonds is 3. The lowest BCUT2D eigenvalue weighted by molar-refractivity contribution is 0.301. The summed E-state index contributed by atoms with van der Waals surface area (Å²) in [6, 6.07) is 1.91. The van der Waals surface area contributed by atoms with Crippen molar-refractivity contribution in [3.63, 3.8) is 0 Å². The molecule has 1 aromatic heterocycles. The van der Waals surface area contributed by atoms with Crippen LogP contribution in [0, 0.1) is 5.92 Å². The van der Waals surface area contributed by atoms with Crippen LogP contribution in [0.15, 0.2) is 6.07 Å². The fourth-order valence-electron chi connectivity index (χ4n) is 3.12. The SMILES string of the molecule is CCCC1CCC(c2nc(Cl)cc(C(C)(C)C)n2)CC1. The minimum atomic E-state index is 0.0285. The first-order valence-corrected chi connectivity index (χ1v) is 8.33. The lowest BCUT2D eigenvalue weighted by Gasteiger charge is -2.28. The lowest BCUT2D eigenvalue weighted by atomic mass is 9.79. The quantitative estimate of drug-likeness (QED) is 0.688. The van der Waals surface area contributed by atoms with Crippen molar-refractivity contribution in [2.24, 2.45) is 5.92 Å². The van der Waals surface area contributed by atoms with E-state index in [0.29, 0.717) is 11.1 Å². The van der Waals surface area contributed by atoms with Crippen molar-refractivity contribution in [1.29, 1.82) is 0 Å². The summed E-state index contributed by atoms with van der Waals surface area (Å²) in [4.78, 5) is 9.30. The maximum Gasteiger partial charge on any atom is 0.133 e. The third-order valence-corrected chi connectivity index (χ3v) is 4.58. The predicted molar refractivity (Wildman–Crippen MR) is 85.3 cm³/mol. The highest BCUT2D eigenvalue weighted by Gasteiger charge is 2.26. The summed E-state index contributed by atoms with van der Waals surface area (Å²) in [5.74, 6) is 2.39. The molecule has 112 valence electrons. The smallest absolute Gasteiger partial charge is 0.133 e. The van der Waals surface area contributed by atoms with Gasteiger partial charge in [-0.25, -0.2) is 9.97 Å². The Morgan fingerprint density at radius 2 is 1.80 bits per heavy atom. The fourth-order valence-corrected chi connectivity index (χ4v) is 3.31. The van der Waals surface area contributed by atoms with Gasteiger partial charge in [-0.2, -0.15) is 0 Å². The van der Waals surface area contributed by atoms with E-state index in [2.05, 4.69) is 32.7 Å². The minimum absolute atomic E-state index is 0.0285. The second kappa shape index (κ2) is 6.43. The van der Waals surface area contributed by atoms with Gasteiger partial charge in [0.05, 0.1) is 5.69 Å². The van der Waals surface area contributed by atoms with Crippen LogP contribution >= 0.6 is 11.6 Å². The van der Waals surface area contributed by atoms with Crippen molar-refractivity contribution in [1.82, 2.24) is 9.97 Å². The fraction of sp³-hybridized carbons (Fsp3) is 0.765. The Kier molecular flexibility index (Phi) is 5.06. The highest BCUT2D eigenvalue weighted by atomic mass is 35.5. The van der Waals surface area contributed by atoms with Crippen molar-refractivity contribution >= 4 is 11.6 Å². The van der Waals surface area contributed by atoms with Crippen LogP contribution in [0.1, 0.15) is 83.7 Å². The third-order valence-electron chi connectivity index (χ3n) is 4.39. The van der Waals surface area contributed by atoms with Gasteiger partial charge in [-0.15, -0.1) is 0 Å². The highest BCUT2D eigenvalue weighted by Crippen LogP contribution is 2.37. The summed E-state index contributed by atoms with van der Waals surface area (Å²) >= 11 is 6.20. The molecule has 0 saturated heterocycles. The zero-order valence-electron chi connectivity index (χ0n) is 13.2. The minimum Gasteiger partial charge on any atom is -0.237 e. The summed E-state index contributed by atoms with van der Waals surface area (Å²) in [5, 5.41) is 0.593. The van der Waals surface area contributed by atoms with E-state index in [1.54, 1.807) is 0 Å². The van der Waals surface area contributed by atoms with Crippen LogP contribution in [-0.2, 0) is 5.41 Å². The van der Waals surface area contributed by atoms with Crippen LogP contribution in [0.5, 0.6) is 0 Å². The Hall–Kier alpha value is -0.630. The molecule has 1 fully saturated rings. The van der Waals surface area contributed by atoms with E-state index >= 15 is 0 Å². The summed E-state index contributed by atoms with van der Waals surface area (Å²) in [6.07, 6.45) is 7.75. The molecule has 2 nitrogen and oxygen atoms in total. The molecule has 0 aliphatic heterocycles. The normalized spacial score (nSPS) is 23.9. The van der Waals surface area contributed by atoms with Gasteiger partial charge >= 0.3 is 0 Å². The maximum atomic E-state index is 6.20. The van der Waals surface area contributed by atoms with Gasteiger partial charge < -0.3 is 0 Å². The van der Waals surface area contributed by atoms with E-state index in [-0.39, 0.29) is 5.41 Å². The van der Waals surface area contributed by atoms with Gasteiger partial charge in [0.2, 0.25) is 0 Å². The van der Waals surface area contributed by atoms with Gasteiger partial charge in [-0.3, -0.25) is 0 Å². The molecule has 1 saturated carbocycles. The van der Waals surface area contributed by atoms with Crippen molar-refractivity contribution in [2.45, 2.75) is 77.6 Å². The molecule has 2 rings (SSSR count). The molecule has 1 heterocycles. The Morgan fingerprint density at radius 3 is 2.35 bits per heavy atom. The molecule has 0 aromatic carbocycles. The largest absolute Gasteiger partial charge is 0.237 e. The van der Waals surface area contributed by atoms with Crippen LogP contribution in [0.2, 0.25) is 5.15 Å². The van der Waals surface area contributed by atoms with Crippen LogP contribution in [0.3, 0.4) is 0 Å². The van der Waals surface area contributed by atoms with Gasteiger partial charge in [0.1, 0.15) is 11.0 Å². The van der Waals surface area contributed by atoms with E-state index in [4.69, 9.17) is 16.6 Å². The second-order valence-corrected chi connectivity index (χ2v) is 7.58. The first-order chi connectivity index (χ1) is 9.40. The average Bonchev–Trinajstić information content (AvgIpc) is 2.38. The number of hydrogen-bond acceptors (Lipinski definition) is 2. The summed E-state index contributed by atoms with van der Waals surface area (Å²) in [7, 11) is 0. The van der Waals surface area contributed by atoms with Crippen LogP contribution in [0.4, 0.5) is 0 Å². The standard InChI is InChI=1S/C17H27ClN2/c1-5-6-12-7-9-13(10-8-12)16-19-14(17(2,3)4)11-15(18)20-16/h11-13H,5-10H2,1-4H3. The topological polar surface area (TPSA) is 25.8 Å². The number of nitrogens with zero attached hydrogens (tertiary/aromatic N) is 2. The van der Waals surface area contributed by atoms with Crippen molar-refractivity contribution in [3.8, 4) is 0 Å². The average molecular weight is 295 g/mol. The molecule has 0 spiro atoms. The lowest BCUT2D eigenvalue weighted by Crippen LogP contribution is -2.19. The summed E-state index contributed by atoms with van der Waals surface area (Å²) in [5.41, 5.74) is 1.09. The Labute approximate surface area is 128 Å². The molecule has 0 unspecified atom stereocenters. The van der Waals surface area contributed by atoms with Gasteiger partial charge in [0.15, 0.2) is 0 Å². The second-order valence-electron chi connectivity index (χ2n) is 7.19. The molecule has 1 aliphatic rings. The maximum absolute atomic E-state index is 6.20. The molecule has 0 radical (unpaired) electrons. The molecule has 0 atom stereocenters. The van der Waals surface area contributed by atoms with E-state index in [1.165, 1.54) is 38.5 Å². The molecule has 1 aliphatic carbocycles. The molecule has 20 heavy (non-hydrogen) atoms. The predicted octanol–water partition coefficient (Wildman–Crippen LogP) is 5.50. The van der Waals surface area contributed by atoms with E-state index < -0.39 is 0 Å². The molecule has 0 N–H and O–H groups in total. The Balaban J connectivity index is 2.12. The first kappa shape index (κ1) is 15.8. The summed E-state index contributed by atoms with van der Waals surface area (Å²) < 4.78 is 0. The Morgan fingerprint density at radius 1 is 1.15 bits per heavy atom. The van der Waals surface area contributed by atoms with Crippen molar-refractivity contribution < 1.29 is 0 Å². The van der Waals surface area contributed by atoms with Gasteiger partial charge in [0.25, 0.3) is 0 Å². The van der Waals surface area contributed by atoms with Gasteiger partial charge in [0, 0.05) is 11.3 Å². The third kappa shape index (κ3) is 3.94. The van der Waals surface area contributed by atoms with Crippen LogP contribution in [0.25, 0.3) is 0 Å². The van der Waals surface area contributed by atoms with E-state index in [9.17, 15) is 0 Å². The van der Waals surface area contributed by atoms with Crippen molar-refractivity contribution in [3.05, 3.63) is 22.7 Å². The number of aromatic nitrogens is 2. The highest BCUT2D eigenvalue weighted by molar-refractivity contribution is 6.29. The molecule has 0 bridgehead atoms. The number of halogens is 1. The molecular formula is C17H27ClN2.